The molecule has 0 atom stereocenters. The molecule has 3 nitrogen and oxygen atoms in total. The van der Waals surface area contributed by atoms with Crippen molar-refractivity contribution in [1.29, 1.82) is 0 Å². The van der Waals surface area contributed by atoms with Gasteiger partial charge in [-0.1, -0.05) is 0 Å². The normalized spacial score (nSPS) is 13.2. The number of pyridine rings is 1. The molecule has 0 aliphatic heterocycles. The molecule has 0 amide bonds. The van der Waals surface area contributed by atoms with Crippen molar-refractivity contribution in [3.05, 3.63) is 58.0 Å². The molecule has 26 heavy (non-hydrogen) atoms. The number of nitrogens with zero attached hydrogens (tertiary/aromatic N) is 3. The summed E-state index contributed by atoms with van der Waals surface area (Å²) >= 11 is 1.37. The van der Waals surface area contributed by atoms with Gasteiger partial charge in [0.1, 0.15) is 0 Å². The number of halogens is 1. The van der Waals surface area contributed by atoms with Crippen LogP contribution in [0, 0.1) is 4.32 Å². The van der Waals surface area contributed by atoms with E-state index in [0.29, 0.717) is 11.8 Å². The fourth-order valence-corrected chi connectivity index (χ4v) is 4.42. The SMILES string of the molecule is CC(C)c1cccc(C(C)C)c1-n1cc2cccc(N(C)C)n2[c]1=[Cu-2][Cl]. The molecule has 0 bridgehead atoms. The van der Waals surface area contributed by atoms with Crippen LogP contribution in [0.15, 0.2) is 42.6 Å². The first kappa shape index (κ1) is 19.3. The predicted octanol–water partition coefficient (Wildman–Crippen LogP) is 5.81. The molecular weight excluding hydrogens is 393 g/mol. The van der Waals surface area contributed by atoms with Gasteiger partial charge in [0, 0.05) is 0 Å². The molecule has 2 heterocycles. The van der Waals surface area contributed by atoms with Crippen LogP contribution in [0.1, 0.15) is 50.7 Å². The number of anilines is 1. The molecule has 0 N–H and O–H groups in total. The third kappa shape index (κ3) is 3.26. The zero-order valence-corrected chi connectivity index (χ0v) is 17.9. The number of hydrogen-bond donors (Lipinski definition) is 0. The molecular formula is C21H27ClCuN3-2. The Morgan fingerprint density at radius 1 is 0.923 bits per heavy atom. The fourth-order valence-electron chi connectivity index (χ4n) is 3.43. The summed E-state index contributed by atoms with van der Waals surface area (Å²) in [5.41, 5.74) is 5.07. The number of benzene rings is 1. The summed E-state index contributed by atoms with van der Waals surface area (Å²) in [4.78, 5) is 2.12. The fraction of sp³-hybridized carbons (Fsp3) is 0.381. The van der Waals surface area contributed by atoms with Crippen molar-refractivity contribution in [3.63, 3.8) is 0 Å². The van der Waals surface area contributed by atoms with Crippen LogP contribution in [0.3, 0.4) is 0 Å². The molecule has 0 saturated carbocycles. The van der Waals surface area contributed by atoms with Gasteiger partial charge < -0.3 is 0 Å². The van der Waals surface area contributed by atoms with E-state index in [4.69, 9.17) is 10.1 Å². The maximum atomic E-state index is 6.39. The number of hydrogen-bond acceptors (Lipinski definition) is 1. The Bertz CT molecular complexity index is 970. The predicted molar refractivity (Wildman–Crippen MR) is 108 cm³/mol. The second-order valence-corrected chi connectivity index (χ2v) is 8.49. The van der Waals surface area contributed by atoms with E-state index in [1.165, 1.54) is 30.4 Å². The molecule has 0 aliphatic carbocycles. The van der Waals surface area contributed by atoms with E-state index in [1.807, 2.05) is 0 Å². The zero-order chi connectivity index (χ0) is 19.0. The molecule has 146 valence electrons. The molecule has 1 aromatic carbocycles. The van der Waals surface area contributed by atoms with Gasteiger partial charge in [-0.2, -0.15) is 0 Å². The van der Waals surface area contributed by atoms with E-state index in [0.717, 1.165) is 15.7 Å². The van der Waals surface area contributed by atoms with Crippen LogP contribution < -0.4 is 4.90 Å². The third-order valence-corrected chi connectivity index (χ3v) is 5.72. The van der Waals surface area contributed by atoms with Gasteiger partial charge in [0.25, 0.3) is 0 Å². The number of rotatable bonds is 4. The number of para-hydroxylation sites is 1. The summed E-state index contributed by atoms with van der Waals surface area (Å²) in [7, 11) is 10.5. The summed E-state index contributed by atoms with van der Waals surface area (Å²) in [5, 5.41) is 0. The van der Waals surface area contributed by atoms with Crippen molar-refractivity contribution in [2.24, 2.45) is 0 Å². The first-order valence-corrected chi connectivity index (χ1v) is 10.7. The van der Waals surface area contributed by atoms with E-state index in [2.05, 4.69) is 98.3 Å². The summed E-state index contributed by atoms with van der Waals surface area (Å²) in [6.45, 7) is 8.99. The van der Waals surface area contributed by atoms with Gasteiger partial charge in [-0.25, -0.2) is 0 Å². The van der Waals surface area contributed by atoms with Crippen molar-refractivity contribution >= 4 is 21.4 Å². The zero-order valence-electron chi connectivity index (χ0n) is 16.2. The van der Waals surface area contributed by atoms with Gasteiger partial charge in [-0.05, 0) is 0 Å². The van der Waals surface area contributed by atoms with Crippen LogP contribution in [0.2, 0.25) is 0 Å². The van der Waals surface area contributed by atoms with Crippen LogP contribution in [0.4, 0.5) is 5.82 Å². The van der Waals surface area contributed by atoms with Gasteiger partial charge in [-0.3, -0.25) is 0 Å². The van der Waals surface area contributed by atoms with Gasteiger partial charge in [0.15, 0.2) is 0 Å². The second-order valence-electron chi connectivity index (χ2n) is 7.42. The van der Waals surface area contributed by atoms with Crippen LogP contribution >= 0.6 is 10.1 Å². The molecule has 0 aliphatic rings. The number of aromatic nitrogens is 2. The topological polar surface area (TPSA) is 12.6 Å². The molecule has 0 radical (unpaired) electrons. The Hall–Kier alpha value is -1.48. The quantitative estimate of drug-likeness (QED) is 0.485. The van der Waals surface area contributed by atoms with Crippen LogP contribution in [-0.4, -0.2) is 23.1 Å². The molecule has 5 heteroatoms. The van der Waals surface area contributed by atoms with E-state index in [9.17, 15) is 0 Å². The van der Waals surface area contributed by atoms with E-state index >= 15 is 0 Å². The van der Waals surface area contributed by atoms with Crippen molar-refractivity contribution in [1.82, 2.24) is 8.97 Å². The van der Waals surface area contributed by atoms with E-state index < -0.39 is 0 Å². The van der Waals surface area contributed by atoms with E-state index in [1.54, 1.807) is 0 Å². The molecule has 0 spiro atoms. The Morgan fingerprint density at radius 2 is 1.50 bits per heavy atom. The monoisotopic (exact) mass is 419 g/mol. The van der Waals surface area contributed by atoms with Crippen molar-refractivity contribution in [2.45, 2.75) is 39.5 Å². The molecule has 3 rings (SSSR count). The number of fused-ring (bicyclic) bond motifs is 1. The van der Waals surface area contributed by atoms with Gasteiger partial charge in [-0.15, -0.1) is 0 Å². The van der Waals surface area contributed by atoms with Crippen molar-refractivity contribution in [3.8, 4) is 5.69 Å². The Morgan fingerprint density at radius 3 is 2.00 bits per heavy atom. The first-order valence-electron chi connectivity index (χ1n) is 8.92. The van der Waals surface area contributed by atoms with Crippen LogP contribution in [0.5, 0.6) is 0 Å². The third-order valence-electron chi connectivity index (χ3n) is 4.70. The summed E-state index contributed by atoms with van der Waals surface area (Å²) in [6, 6.07) is 13.0. The van der Waals surface area contributed by atoms with E-state index in [-0.39, 0.29) is 0 Å². The first-order chi connectivity index (χ1) is 12.4. The second kappa shape index (κ2) is 7.64. The Balaban J connectivity index is 2.47. The average Bonchev–Trinajstić information content (AvgIpc) is 2.98. The van der Waals surface area contributed by atoms with Crippen LogP contribution in [-0.2, 0) is 13.6 Å². The molecule has 0 saturated heterocycles. The minimum absolute atomic E-state index is 0.430. The van der Waals surface area contributed by atoms with Gasteiger partial charge in [0.2, 0.25) is 0 Å². The van der Waals surface area contributed by atoms with Crippen LogP contribution in [0.25, 0.3) is 11.2 Å². The molecule has 0 unspecified atom stereocenters. The van der Waals surface area contributed by atoms with Crippen molar-refractivity contribution in [2.75, 3.05) is 19.0 Å². The minimum atomic E-state index is 0.430. The summed E-state index contributed by atoms with van der Waals surface area (Å²) < 4.78 is 5.47. The molecule has 3 aromatic rings. The summed E-state index contributed by atoms with van der Waals surface area (Å²) in [6.07, 6.45) is 2.20. The maximum absolute atomic E-state index is 6.39. The Kier molecular flexibility index (Phi) is 5.66. The summed E-state index contributed by atoms with van der Waals surface area (Å²) in [5.74, 6) is 1.97. The average molecular weight is 420 g/mol. The standard InChI is InChI=1S/C21H27N3.ClH.Cu/c1-15(2)18-10-8-11-19(16(3)4)21(18)23-13-17-9-7-12-20(22(5)6)24(17)14-23;;/h7-13,15-16H,1-6H3;1H;/q;;-1/p-1. The number of imidazole rings is 1. The van der Waals surface area contributed by atoms with Gasteiger partial charge in [0.05, 0.1) is 0 Å². The van der Waals surface area contributed by atoms with Gasteiger partial charge >= 0.3 is 166 Å². The molecule has 0 fully saturated rings. The van der Waals surface area contributed by atoms with Crippen molar-refractivity contribution < 1.29 is 13.6 Å². The Labute approximate surface area is 166 Å². The molecule has 2 aromatic heterocycles.